The lowest BCUT2D eigenvalue weighted by atomic mass is 10.1. The molecule has 0 saturated carbocycles. The first-order valence-electron chi connectivity index (χ1n) is 7.36. The third-order valence-electron chi connectivity index (χ3n) is 3.28. The van der Waals surface area contributed by atoms with Crippen molar-refractivity contribution >= 4 is 23.2 Å². The average molecular weight is 333 g/mol. The van der Waals surface area contributed by atoms with Crippen molar-refractivity contribution in [3.63, 3.8) is 0 Å². The van der Waals surface area contributed by atoms with E-state index in [2.05, 4.69) is 5.32 Å². The van der Waals surface area contributed by atoms with Crippen LogP contribution < -0.4 is 5.32 Å². The van der Waals surface area contributed by atoms with Crippen molar-refractivity contribution in [2.24, 2.45) is 0 Å². The number of carbonyl (C=O) groups excluding carboxylic acids is 1. The van der Waals surface area contributed by atoms with Crippen LogP contribution in [0.3, 0.4) is 0 Å². The molecular formula is C17H19NO4S. The maximum absolute atomic E-state index is 11.9. The molecule has 1 heterocycles. The van der Waals surface area contributed by atoms with Gasteiger partial charge in [0.05, 0.1) is 11.0 Å². The third-order valence-corrected chi connectivity index (χ3v) is 4.36. The average Bonchev–Trinajstić information content (AvgIpc) is 3.05. The standard InChI is InChI=1S/C17H19NO4S/c1-12(13-6-3-2-4-7-13)22-11-5-10-18-16(19)14-8-9-15(23-14)17(20)21/h2-4,6-9,12H,5,10-11H2,1H3,(H,18,19)(H,20,21). The molecule has 0 aliphatic heterocycles. The molecule has 0 fully saturated rings. The third kappa shape index (κ3) is 5.19. The van der Waals surface area contributed by atoms with E-state index in [4.69, 9.17) is 9.84 Å². The molecule has 0 saturated heterocycles. The fourth-order valence-electron chi connectivity index (χ4n) is 2.02. The lowest BCUT2D eigenvalue weighted by Gasteiger charge is -2.13. The Kier molecular flexibility index (Phi) is 6.31. The number of aromatic carboxylic acids is 1. The highest BCUT2D eigenvalue weighted by Crippen LogP contribution is 2.17. The second-order valence-corrected chi connectivity index (χ2v) is 6.09. The van der Waals surface area contributed by atoms with Gasteiger partial charge in [-0.3, -0.25) is 4.79 Å². The number of hydrogen-bond acceptors (Lipinski definition) is 4. The van der Waals surface area contributed by atoms with Crippen LogP contribution in [-0.2, 0) is 4.74 Å². The van der Waals surface area contributed by atoms with Crippen molar-refractivity contribution in [2.45, 2.75) is 19.4 Å². The number of carbonyl (C=O) groups is 2. The number of benzene rings is 1. The summed E-state index contributed by atoms with van der Waals surface area (Å²) in [5, 5.41) is 11.6. The first kappa shape index (κ1) is 17.2. The fourth-order valence-corrected chi connectivity index (χ4v) is 2.78. The van der Waals surface area contributed by atoms with Gasteiger partial charge in [0.1, 0.15) is 4.88 Å². The molecule has 0 aliphatic rings. The SMILES string of the molecule is CC(OCCCNC(=O)c1ccc(C(=O)O)s1)c1ccccc1. The Bertz CT molecular complexity index is 654. The summed E-state index contributed by atoms with van der Waals surface area (Å²) < 4.78 is 5.72. The first-order chi connectivity index (χ1) is 11.1. The molecule has 6 heteroatoms. The van der Waals surface area contributed by atoms with E-state index >= 15 is 0 Å². The Morgan fingerprint density at radius 2 is 1.87 bits per heavy atom. The number of nitrogens with one attached hydrogen (secondary N) is 1. The van der Waals surface area contributed by atoms with Crippen LogP contribution in [0.4, 0.5) is 0 Å². The van der Waals surface area contributed by atoms with Crippen LogP contribution in [-0.4, -0.2) is 30.1 Å². The minimum atomic E-state index is -1.02. The number of amides is 1. The quantitative estimate of drug-likeness (QED) is 0.727. The summed E-state index contributed by atoms with van der Waals surface area (Å²) in [7, 11) is 0. The van der Waals surface area contributed by atoms with Gasteiger partial charge in [0.2, 0.25) is 0 Å². The van der Waals surface area contributed by atoms with E-state index in [1.54, 1.807) is 0 Å². The number of carboxylic acids is 1. The van der Waals surface area contributed by atoms with E-state index in [1.165, 1.54) is 12.1 Å². The Labute approximate surface area is 138 Å². The minimum Gasteiger partial charge on any atom is -0.477 e. The summed E-state index contributed by atoms with van der Waals surface area (Å²) in [6, 6.07) is 12.9. The predicted octanol–water partition coefficient (Wildman–Crippen LogP) is 3.34. The molecule has 1 unspecified atom stereocenters. The molecule has 2 N–H and O–H groups in total. The number of thiophene rings is 1. The Morgan fingerprint density at radius 1 is 1.17 bits per heavy atom. The molecule has 1 atom stereocenters. The molecule has 0 aliphatic carbocycles. The topological polar surface area (TPSA) is 75.6 Å². The summed E-state index contributed by atoms with van der Waals surface area (Å²) in [6.45, 7) is 3.02. The summed E-state index contributed by atoms with van der Waals surface area (Å²) >= 11 is 0.972. The fraction of sp³-hybridized carbons (Fsp3) is 0.294. The van der Waals surface area contributed by atoms with Crippen LogP contribution in [0.2, 0.25) is 0 Å². The molecule has 1 aromatic heterocycles. The number of ether oxygens (including phenoxy) is 1. The van der Waals surface area contributed by atoms with Crippen LogP contribution in [0.1, 0.15) is 44.4 Å². The maximum atomic E-state index is 11.9. The monoisotopic (exact) mass is 333 g/mol. The highest BCUT2D eigenvalue weighted by molar-refractivity contribution is 7.15. The van der Waals surface area contributed by atoms with Gasteiger partial charge in [0.25, 0.3) is 5.91 Å². The zero-order valence-electron chi connectivity index (χ0n) is 12.8. The van der Waals surface area contributed by atoms with Gasteiger partial charge < -0.3 is 15.2 Å². The lowest BCUT2D eigenvalue weighted by molar-refractivity contribution is 0.0634. The number of carboxylic acid groups (broad SMARTS) is 1. The minimum absolute atomic E-state index is 0.0160. The normalized spacial score (nSPS) is 11.9. The summed E-state index contributed by atoms with van der Waals surface area (Å²) in [6.07, 6.45) is 0.711. The van der Waals surface area contributed by atoms with Crippen LogP contribution in [0.5, 0.6) is 0 Å². The van der Waals surface area contributed by atoms with Gasteiger partial charge in [-0.25, -0.2) is 4.79 Å². The zero-order chi connectivity index (χ0) is 16.7. The zero-order valence-corrected chi connectivity index (χ0v) is 13.6. The van der Waals surface area contributed by atoms with E-state index in [0.29, 0.717) is 24.4 Å². The van der Waals surface area contributed by atoms with Gasteiger partial charge in [-0.1, -0.05) is 30.3 Å². The lowest BCUT2D eigenvalue weighted by Crippen LogP contribution is -2.24. The molecule has 0 radical (unpaired) electrons. The molecule has 1 aromatic carbocycles. The Balaban J connectivity index is 1.67. The summed E-state index contributed by atoms with van der Waals surface area (Å²) in [5.74, 6) is -1.27. The summed E-state index contributed by atoms with van der Waals surface area (Å²) in [4.78, 5) is 23.2. The molecule has 2 aromatic rings. The van der Waals surface area contributed by atoms with Gasteiger partial charge in [0.15, 0.2) is 0 Å². The molecule has 2 rings (SSSR count). The predicted molar refractivity (Wildman–Crippen MR) is 89.0 cm³/mol. The Morgan fingerprint density at radius 3 is 2.52 bits per heavy atom. The van der Waals surface area contributed by atoms with Crippen molar-refractivity contribution < 1.29 is 19.4 Å². The van der Waals surface area contributed by atoms with Gasteiger partial charge >= 0.3 is 5.97 Å². The van der Waals surface area contributed by atoms with E-state index in [-0.39, 0.29) is 16.9 Å². The van der Waals surface area contributed by atoms with Crippen molar-refractivity contribution in [1.29, 1.82) is 0 Å². The van der Waals surface area contributed by atoms with Gasteiger partial charge in [-0.2, -0.15) is 0 Å². The highest BCUT2D eigenvalue weighted by Gasteiger charge is 2.12. The van der Waals surface area contributed by atoms with Gasteiger partial charge in [-0.15, -0.1) is 11.3 Å². The molecule has 122 valence electrons. The largest absolute Gasteiger partial charge is 0.477 e. The van der Waals surface area contributed by atoms with Crippen molar-refractivity contribution in [3.8, 4) is 0 Å². The van der Waals surface area contributed by atoms with E-state index in [0.717, 1.165) is 16.9 Å². The Hall–Kier alpha value is -2.18. The highest BCUT2D eigenvalue weighted by atomic mass is 32.1. The first-order valence-corrected chi connectivity index (χ1v) is 8.17. The van der Waals surface area contributed by atoms with Crippen LogP contribution in [0, 0.1) is 0 Å². The molecule has 5 nitrogen and oxygen atoms in total. The van der Waals surface area contributed by atoms with Gasteiger partial charge in [0, 0.05) is 13.2 Å². The maximum Gasteiger partial charge on any atom is 0.345 e. The second kappa shape index (κ2) is 8.45. The van der Waals surface area contributed by atoms with E-state index in [9.17, 15) is 9.59 Å². The molecular weight excluding hydrogens is 314 g/mol. The molecule has 1 amide bonds. The summed E-state index contributed by atoms with van der Waals surface area (Å²) in [5.41, 5.74) is 1.12. The van der Waals surface area contributed by atoms with Gasteiger partial charge in [-0.05, 0) is 31.0 Å². The van der Waals surface area contributed by atoms with E-state index in [1.807, 2.05) is 37.3 Å². The van der Waals surface area contributed by atoms with Crippen molar-refractivity contribution in [2.75, 3.05) is 13.2 Å². The molecule has 23 heavy (non-hydrogen) atoms. The van der Waals surface area contributed by atoms with Crippen molar-refractivity contribution in [3.05, 3.63) is 57.8 Å². The van der Waals surface area contributed by atoms with E-state index < -0.39 is 5.97 Å². The van der Waals surface area contributed by atoms with Crippen LogP contribution >= 0.6 is 11.3 Å². The van der Waals surface area contributed by atoms with Crippen LogP contribution in [0.25, 0.3) is 0 Å². The van der Waals surface area contributed by atoms with Crippen LogP contribution in [0.15, 0.2) is 42.5 Å². The number of rotatable bonds is 8. The van der Waals surface area contributed by atoms with Crippen molar-refractivity contribution in [1.82, 2.24) is 5.32 Å². The number of hydrogen-bond donors (Lipinski definition) is 2. The second-order valence-electron chi connectivity index (χ2n) is 5.00. The molecule has 0 bridgehead atoms. The molecule has 0 spiro atoms. The smallest absolute Gasteiger partial charge is 0.345 e.